The van der Waals surface area contributed by atoms with Gasteiger partial charge in [0, 0.05) is 30.7 Å². The summed E-state index contributed by atoms with van der Waals surface area (Å²) in [6.07, 6.45) is 8.77. The first-order valence-electron chi connectivity index (χ1n) is 10.2. The number of hydrogen-bond acceptors (Lipinski definition) is 5. The zero-order chi connectivity index (χ0) is 21.5. The Kier molecular flexibility index (Phi) is 6.37. The summed E-state index contributed by atoms with van der Waals surface area (Å²) in [6.45, 7) is 5.88. The number of aryl methyl sites for hydroxylation is 1. The van der Waals surface area contributed by atoms with Crippen LogP contribution in [0.5, 0.6) is 0 Å². The maximum Gasteiger partial charge on any atom is 0.226 e. The lowest BCUT2D eigenvalue weighted by Gasteiger charge is -2.10. The Labute approximate surface area is 181 Å². The van der Waals surface area contributed by atoms with Gasteiger partial charge in [-0.05, 0) is 43.7 Å². The van der Waals surface area contributed by atoms with Crippen LogP contribution >= 0.6 is 0 Å². The second-order valence-electron chi connectivity index (χ2n) is 7.05. The van der Waals surface area contributed by atoms with E-state index in [9.17, 15) is 0 Å². The van der Waals surface area contributed by atoms with E-state index in [4.69, 9.17) is 4.42 Å². The van der Waals surface area contributed by atoms with Crippen molar-refractivity contribution < 1.29 is 4.42 Å². The van der Waals surface area contributed by atoms with Gasteiger partial charge in [-0.15, -0.1) is 0 Å². The first-order chi connectivity index (χ1) is 15.2. The van der Waals surface area contributed by atoms with Crippen molar-refractivity contribution in [2.75, 3.05) is 6.54 Å². The molecule has 0 aliphatic heterocycles. The predicted molar refractivity (Wildman–Crippen MR) is 120 cm³/mol. The molecule has 0 saturated carbocycles. The Morgan fingerprint density at radius 3 is 2.77 bits per heavy atom. The van der Waals surface area contributed by atoms with Gasteiger partial charge in [0.05, 0.1) is 18.8 Å². The molecule has 158 valence electrons. The number of rotatable bonds is 7. The highest BCUT2D eigenvalue weighted by atomic mass is 16.3. The minimum Gasteiger partial charge on any atom is -0.444 e. The number of aliphatic imine (C=N–C) groups is 1. The SMILES string of the molecule is CCNC(=NCc1ccnc(-n2ccnc2)c1)NCc1coc(-c2ccc(C)cc2)n1. The standard InChI is InChI=1S/C23H25N7O/c1-3-25-23(27-13-18-8-9-26-21(12-18)30-11-10-24-16-30)28-14-20-15-31-22(29-20)19-6-4-17(2)5-7-19/h4-12,15-16H,3,13-14H2,1-2H3,(H2,25,27,28). The quantitative estimate of drug-likeness (QED) is 0.355. The molecule has 8 heteroatoms. The van der Waals surface area contributed by atoms with Crippen molar-refractivity contribution in [1.82, 2.24) is 30.2 Å². The molecule has 3 aromatic heterocycles. The average molecular weight is 416 g/mol. The van der Waals surface area contributed by atoms with Crippen LogP contribution in [0.1, 0.15) is 23.7 Å². The van der Waals surface area contributed by atoms with E-state index >= 15 is 0 Å². The highest BCUT2D eigenvalue weighted by Gasteiger charge is 2.07. The first kappa shape index (κ1) is 20.3. The van der Waals surface area contributed by atoms with E-state index in [1.54, 1.807) is 25.0 Å². The van der Waals surface area contributed by atoms with Gasteiger partial charge in [0.25, 0.3) is 0 Å². The van der Waals surface area contributed by atoms with Crippen LogP contribution in [-0.2, 0) is 13.1 Å². The van der Waals surface area contributed by atoms with E-state index < -0.39 is 0 Å². The average Bonchev–Trinajstić information content (AvgIpc) is 3.49. The zero-order valence-corrected chi connectivity index (χ0v) is 17.6. The summed E-state index contributed by atoms with van der Waals surface area (Å²) in [7, 11) is 0. The number of benzene rings is 1. The third-order valence-corrected chi connectivity index (χ3v) is 4.63. The topological polar surface area (TPSA) is 93.2 Å². The molecule has 0 amide bonds. The van der Waals surface area contributed by atoms with Crippen molar-refractivity contribution in [3.63, 3.8) is 0 Å². The predicted octanol–water partition coefficient (Wildman–Crippen LogP) is 3.49. The number of hydrogen-bond donors (Lipinski definition) is 2. The van der Waals surface area contributed by atoms with E-state index in [1.165, 1.54) is 5.56 Å². The van der Waals surface area contributed by atoms with Gasteiger partial charge in [0.15, 0.2) is 5.96 Å². The summed E-state index contributed by atoms with van der Waals surface area (Å²) < 4.78 is 7.50. The molecular formula is C23H25N7O. The molecule has 0 aliphatic carbocycles. The molecular weight excluding hydrogens is 390 g/mol. The molecule has 4 aromatic rings. The molecule has 0 bridgehead atoms. The molecule has 0 radical (unpaired) electrons. The third kappa shape index (κ3) is 5.36. The Morgan fingerprint density at radius 2 is 2.00 bits per heavy atom. The fourth-order valence-electron chi connectivity index (χ4n) is 3.00. The van der Waals surface area contributed by atoms with Crippen molar-refractivity contribution in [2.24, 2.45) is 4.99 Å². The lowest BCUT2D eigenvalue weighted by Crippen LogP contribution is -2.36. The number of imidazole rings is 1. The molecule has 0 atom stereocenters. The van der Waals surface area contributed by atoms with Crippen molar-refractivity contribution in [2.45, 2.75) is 26.9 Å². The molecule has 4 rings (SSSR count). The van der Waals surface area contributed by atoms with Crippen LogP contribution in [0.4, 0.5) is 0 Å². The highest BCUT2D eigenvalue weighted by Crippen LogP contribution is 2.19. The van der Waals surface area contributed by atoms with Gasteiger partial charge in [-0.1, -0.05) is 17.7 Å². The molecule has 0 saturated heterocycles. The number of nitrogens with zero attached hydrogens (tertiary/aromatic N) is 5. The monoisotopic (exact) mass is 415 g/mol. The van der Waals surface area contributed by atoms with E-state index in [1.807, 2.05) is 54.1 Å². The second kappa shape index (κ2) is 9.71. The van der Waals surface area contributed by atoms with Gasteiger partial charge >= 0.3 is 0 Å². The normalized spacial score (nSPS) is 11.5. The summed E-state index contributed by atoms with van der Waals surface area (Å²) in [4.78, 5) is 17.7. The van der Waals surface area contributed by atoms with Crippen LogP contribution in [0.15, 0.2) is 77.0 Å². The largest absolute Gasteiger partial charge is 0.444 e. The van der Waals surface area contributed by atoms with Crippen LogP contribution in [0.25, 0.3) is 17.3 Å². The summed E-state index contributed by atoms with van der Waals surface area (Å²) in [5, 5.41) is 6.57. The molecule has 0 aliphatic rings. The summed E-state index contributed by atoms with van der Waals surface area (Å²) in [5.41, 5.74) is 4.03. The maximum absolute atomic E-state index is 5.63. The minimum absolute atomic E-state index is 0.512. The van der Waals surface area contributed by atoms with Crippen molar-refractivity contribution in [1.29, 1.82) is 0 Å². The van der Waals surface area contributed by atoms with E-state index in [0.717, 1.165) is 29.2 Å². The molecule has 0 fully saturated rings. The Morgan fingerprint density at radius 1 is 1.13 bits per heavy atom. The zero-order valence-electron chi connectivity index (χ0n) is 17.6. The number of aromatic nitrogens is 4. The van der Waals surface area contributed by atoms with Gasteiger partial charge < -0.3 is 15.1 Å². The second-order valence-corrected chi connectivity index (χ2v) is 7.05. The van der Waals surface area contributed by atoms with Crippen LogP contribution in [0.2, 0.25) is 0 Å². The molecule has 1 aromatic carbocycles. The Bertz CT molecular complexity index is 1130. The number of oxazole rings is 1. The van der Waals surface area contributed by atoms with Gasteiger partial charge in [0.2, 0.25) is 5.89 Å². The number of guanidine groups is 1. The fourth-order valence-corrected chi connectivity index (χ4v) is 3.00. The van der Waals surface area contributed by atoms with Crippen LogP contribution in [0.3, 0.4) is 0 Å². The van der Waals surface area contributed by atoms with Crippen LogP contribution in [-0.4, -0.2) is 32.0 Å². The van der Waals surface area contributed by atoms with Gasteiger partial charge in [-0.3, -0.25) is 4.57 Å². The van der Waals surface area contributed by atoms with Gasteiger partial charge in [-0.25, -0.2) is 19.9 Å². The molecule has 31 heavy (non-hydrogen) atoms. The third-order valence-electron chi connectivity index (χ3n) is 4.63. The van der Waals surface area contributed by atoms with E-state index in [-0.39, 0.29) is 0 Å². The molecule has 0 unspecified atom stereocenters. The Balaban J connectivity index is 1.40. The molecule has 2 N–H and O–H groups in total. The van der Waals surface area contributed by atoms with E-state index in [0.29, 0.717) is 24.9 Å². The summed E-state index contributed by atoms with van der Waals surface area (Å²) in [6, 6.07) is 12.1. The Hall–Kier alpha value is -3.94. The van der Waals surface area contributed by atoms with Crippen LogP contribution < -0.4 is 10.6 Å². The fraction of sp³-hybridized carbons (Fsp3) is 0.217. The van der Waals surface area contributed by atoms with Crippen molar-refractivity contribution >= 4 is 5.96 Å². The lowest BCUT2D eigenvalue weighted by atomic mass is 10.1. The van der Waals surface area contributed by atoms with E-state index in [2.05, 4.69) is 37.5 Å². The van der Waals surface area contributed by atoms with Gasteiger partial charge in [0.1, 0.15) is 18.4 Å². The van der Waals surface area contributed by atoms with Gasteiger partial charge in [-0.2, -0.15) is 0 Å². The van der Waals surface area contributed by atoms with Crippen LogP contribution in [0, 0.1) is 6.92 Å². The molecule has 8 nitrogen and oxygen atoms in total. The minimum atomic E-state index is 0.512. The molecule has 3 heterocycles. The number of nitrogens with one attached hydrogen (secondary N) is 2. The van der Waals surface area contributed by atoms with Crippen molar-refractivity contribution in [3.8, 4) is 17.3 Å². The maximum atomic E-state index is 5.63. The smallest absolute Gasteiger partial charge is 0.226 e. The highest BCUT2D eigenvalue weighted by molar-refractivity contribution is 5.79. The van der Waals surface area contributed by atoms with Crippen molar-refractivity contribution in [3.05, 3.63) is 84.4 Å². The summed E-state index contributed by atoms with van der Waals surface area (Å²) in [5.74, 6) is 2.14. The molecule has 0 spiro atoms. The summed E-state index contributed by atoms with van der Waals surface area (Å²) >= 11 is 0. The number of pyridine rings is 1. The lowest BCUT2D eigenvalue weighted by molar-refractivity contribution is 0.572. The first-order valence-corrected chi connectivity index (χ1v) is 10.2.